The molecule has 174 valence electrons. The molecule has 0 N–H and O–H groups in total. The van der Waals surface area contributed by atoms with Gasteiger partial charge in [-0.15, -0.1) is 0 Å². The van der Waals surface area contributed by atoms with Gasteiger partial charge in [0.15, 0.2) is 23.3 Å². The van der Waals surface area contributed by atoms with Crippen LogP contribution in [0.5, 0.6) is 5.75 Å². The van der Waals surface area contributed by atoms with E-state index in [1.807, 2.05) is 12.1 Å². The maximum absolute atomic E-state index is 14.9. The number of benzene rings is 4. The van der Waals surface area contributed by atoms with Gasteiger partial charge in [-0.1, -0.05) is 74.0 Å². The van der Waals surface area contributed by atoms with Gasteiger partial charge in [0.1, 0.15) is 12.4 Å². The lowest BCUT2D eigenvalue weighted by Crippen LogP contribution is -2.02. The first-order valence-electron chi connectivity index (χ1n) is 11.1. The van der Waals surface area contributed by atoms with Crippen LogP contribution >= 0.6 is 0 Å². The van der Waals surface area contributed by atoms with Gasteiger partial charge in [0.25, 0.3) is 0 Å². The lowest BCUT2D eigenvalue weighted by Gasteiger charge is -2.11. The van der Waals surface area contributed by atoms with Crippen LogP contribution in [0.2, 0.25) is 0 Å². The van der Waals surface area contributed by atoms with Crippen LogP contribution in [0.3, 0.4) is 0 Å². The summed E-state index contributed by atoms with van der Waals surface area (Å²) in [5, 5.41) is 0. The summed E-state index contributed by atoms with van der Waals surface area (Å²) in [4.78, 5) is 0. The van der Waals surface area contributed by atoms with E-state index in [4.69, 9.17) is 4.74 Å². The molecule has 0 spiro atoms. The fourth-order valence-corrected chi connectivity index (χ4v) is 3.82. The number of aryl methyl sites for hydroxylation is 2. The van der Waals surface area contributed by atoms with E-state index >= 15 is 0 Å². The Morgan fingerprint density at radius 3 is 1.74 bits per heavy atom. The number of hydrogen-bond donors (Lipinski definition) is 0. The molecule has 0 radical (unpaired) electrons. The van der Waals surface area contributed by atoms with E-state index in [0.717, 1.165) is 18.4 Å². The fourth-order valence-electron chi connectivity index (χ4n) is 3.82. The highest BCUT2D eigenvalue weighted by Crippen LogP contribution is 2.32. The third kappa shape index (κ3) is 4.84. The van der Waals surface area contributed by atoms with Gasteiger partial charge in [0, 0.05) is 16.7 Å². The van der Waals surface area contributed by atoms with Crippen LogP contribution < -0.4 is 4.74 Å². The highest BCUT2D eigenvalue weighted by atomic mass is 19.2. The van der Waals surface area contributed by atoms with E-state index in [1.165, 1.54) is 19.1 Å². The molecular weight excluding hydrogens is 440 g/mol. The zero-order chi connectivity index (χ0) is 24.2. The van der Waals surface area contributed by atoms with Crippen molar-refractivity contribution in [2.24, 2.45) is 0 Å². The second-order valence-corrected chi connectivity index (χ2v) is 8.22. The minimum absolute atomic E-state index is 0.0959. The van der Waals surface area contributed by atoms with E-state index < -0.39 is 23.3 Å². The normalized spacial score (nSPS) is 11.0. The smallest absolute Gasteiger partial charge is 0.167 e. The summed E-state index contributed by atoms with van der Waals surface area (Å²) in [6.45, 7) is 3.42. The second-order valence-electron chi connectivity index (χ2n) is 8.22. The molecule has 0 aromatic heterocycles. The molecule has 0 fully saturated rings. The molecule has 4 rings (SSSR count). The van der Waals surface area contributed by atoms with Crippen LogP contribution in [0.1, 0.15) is 30.0 Å². The van der Waals surface area contributed by atoms with Gasteiger partial charge >= 0.3 is 0 Å². The lowest BCUT2D eigenvalue weighted by atomic mass is 9.97. The molecule has 0 heterocycles. The number of rotatable bonds is 7. The van der Waals surface area contributed by atoms with Gasteiger partial charge in [-0.3, -0.25) is 0 Å². The van der Waals surface area contributed by atoms with Crippen molar-refractivity contribution < 1.29 is 22.3 Å². The number of halogens is 4. The van der Waals surface area contributed by atoms with Crippen LogP contribution in [-0.2, 0) is 13.0 Å². The van der Waals surface area contributed by atoms with Crippen LogP contribution in [-0.4, -0.2) is 0 Å². The quantitative estimate of drug-likeness (QED) is 0.250. The third-order valence-corrected chi connectivity index (χ3v) is 5.80. The van der Waals surface area contributed by atoms with Crippen molar-refractivity contribution in [1.82, 2.24) is 0 Å². The Bertz CT molecular complexity index is 1300. The summed E-state index contributed by atoms with van der Waals surface area (Å²) in [6.07, 6.45) is 1.95. The summed E-state index contributed by atoms with van der Waals surface area (Å²) < 4.78 is 63.1. The first-order valence-corrected chi connectivity index (χ1v) is 11.1. The van der Waals surface area contributed by atoms with Gasteiger partial charge < -0.3 is 4.74 Å². The average Bonchev–Trinajstić information content (AvgIpc) is 2.85. The van der Waals surface area contributed by atoms with Crippen molar-refractivity contribution in [2.75, 3.05) is 0 Å². The molecule has 0 bridgehead atoms. The van der Waals surface area contributed by atoms with E-state index in [-0.39, 0.29) is 28.9 Å². The molecule has 0 amide bonds. The highest BCUT2D eigenvalue weighted by Gasteiger charge is 2.16. The molecular formula is C29H24F4O. The minimum atomic E-state index is -0.936. The maximum Gasteiger partial charge on any atom is 0.167 e. The molecule has 1 nitrogen and oxygen atoms in total. The van der Waals surface area contributed by atoms with Crippen molar-refractivity contribution in [3.05, 3.63) is 113 Å². The van der Waals surface area contributed by atoms with E-state index in [0.29, 0.717) is 16.9 Å². The van der Waals surface area contributed by atoms with E-state index in [2.05, 4.69) is 6.92 Å². The average molecular weight is 465 g/mol. The van der Waals surface area contributed by atoms with Crippen molar-refractivity contribution >= 4 is 0 Å². The van der Waals surface area contributed by atoms with Gasteiger partial charge in [0.2, 0.25) is 0 Å². The third-order valence-electron chi connectivity index (χ3n) is 5.80. The molecule has 0 aliphatic rings. The molecule has 0 aliphatic carbocycles. The zero-order valence-corrected chi connectivity index (χ0v) is 19.0. The van der Waals surface area contributed by atoms with Crippen molar-refractivity contribution in [2.45, 2.75) is 33.3 Å². The SMILES string of the molecule is CCCc1ccc(-c2ccc(-c3ccc(OCc4ccc(C)c(F)c4F)cc3)c(F)c2F)cc1. The van der Waals surface area contributed by atoms with Crippen LogP contribution in [0.4, 0.5) is 17.6 Å². The largest absolute Gasteiger partial charge is 0.489 e. The zero-order valence-electron chi connectivity index (χ0n) is 19.0. The first-order chi connectivity index (χ1) is 16.4. The predicted octanol–water partition coefficient (Wildman–Crippen LogP) is 8.42. The van der Waals surface area contributed by atoms with Crippen molar-refractivity contribution in [1.29, 1.82) is 0 Å². The molecule has 0 saturated carbocycles. The molecule has 0 atom stereocenters. The predicted molar refractivity (Wildman–Crippen MR) is 127 cm³/mol. The van der Waals surface area contributed by atoms with Gasteiger partial charge in [-0.2, -0.15) is 0 Å². The molecule has 4 aromatic carbocycles. The molecule has 4 aromatic rings. The Balaban J connectivity index is 1.51. The number of hydrogen-bond acceptors (Lipinski definition) is 1. The summed E-state index contributed by atoms with van der Waals surface area (Å²) in [5.41, 5.74) is 2.89. The van der Waals surface area contributed by atoms with Crippen LogP contribution in [0.15, 0.2) is 72.8 Å². The van der Waals surface area contributed by atoms with Crippen LogP contribution in [0, 0.1) is 30.2 Å². The minimum Gasteiger partial charge on any atom is -0.489 e. The first kappa shape index (κ1) is 23.6. The molecule has 5 heteroatoms. The van der Waals surface area contributed by atoms with Crippen molar-refractivity contribution in [3.8, 4) is 28.0 Å². The Morgan fingerprint density at radius 2 is 1.18 bits per heavy atom. The van der Waals surface area contributed by atoms with Crippen molar-refractivity contribution in [3.63, 3.8) is 0 Å². The van der Waals surface area contributed by atoms with Crippen LogP contribution in [0.25, 0.3) is 22.3 Å². The summed E-state index contributed by atoms with van der Waals surface area (Å²) >= 11 is 0. The maximum atomic E-state index is 14.9. The Hall–Kier alpha value is -3.60. The Labute approximate surface area is 196 Å². The topological polar surface area (TPSA) is 9.23 Å². The highest BCUT2D eigenvalue weighted by molar-refractivity contribution is 5.72. The standard InChI is InChI=1S/C29H24F4O/c1-3-4-19-6-9-20(10-7-19)24-15-16-25(29(33)28(24)32)21-11-13-23(14-12-21)34-17-22-8-5-18(2)26(30)27(22)31/h5-16H,3-4,17H2,1-2H3. The Kier molecular flexibility index (Phi) is 7.01. The molecule has 0 saturated heterocycles. The summed E-state index contributed by atoms with van der Waals surface area (Å²) in [7, 11) is 0. The molecule has 0 aliphatic heterocycles. The van der Waals surface area contributed by atoms with Gasteiger partial charge in [-0.05, 0) is 47.7 Å². The molecule has 0 unspecified atom stereocenters. The van der Waals surface area contributed by atoms with Gasteiger partial charge in [0.05, 0.1) is 0 Å². The summed E-state index contributed by atoms with van der Waals surface area (Å²) in [6, 6.07) is 19.9. The van der Waals surface area contributed by atoms with Gasteiger partial charge in [-0.25, -0.2) is 17.6 Å². The number of ether oxygens (including phenoxy) is 1. The van der Waals surface area contributed by atoms with E-state index in [1.54, 1.807) is 48.5 Å². The fraction of sp³-hybridized carbons (Fsp3) is 0.172. The summed E-state index contributed by atoms with van der Waals surface area (Å²) in [5.74, 6) is -3.27. The second kappa shape index (κ2) is 10.1. The Morgan fingerprint density at radius 1 is 0.618 bits per heavy atom. The monoisotopic (exact) mass is 464 g/mol. The lowest BCUT2D eigenvalue weighted by molar-refractivity contribution is 0.297. The molecule has 34 heavy (non-hydrogen) atoms. The van der Waals surface area contributed by atoms with E-state index in [9.17, 15) is 17.6 Å².